The number of nitrogens with zero attached hydrogens (tertiary/aromatic N) is 2. The Morgan fingerprint density at radius 2 is 2.00 bits per heavy atom. The van der Waals surface area contributed by atoms with Crippen LogP contribution in [0.25, 0.3) is 0 Å². The van der Waals surface area contributed by atoms with E-state index in [0.29, 0.717) is 22.1 Å². The maximum Gasteiger partial charge on any atom is 0.241 e. The van der Waals surface area contributed by atoms with Gasteiger partial charge in [-0.2, -0.15) is 0 Å². The zero-order valence-corrected chi connectivity index (χ0v) is 19.0. The highest BCUT2D eigenvalue weighted by molar-refractivity contribution is 9.10. The van der Waals surface area contributed by atoms with Gasteiger partial charge < -0.3 is 15.5 Å². The van der Waals surface area contributed by atoms with Gasteiger partial charge in [-0.05, 0) is 44.3 Å². The van der Waals surface area contributed by atoms with Crippen LogP contribution in [0.5, 0.6) is 0 Å². The molecular formula is C21H22BrClN4O3. The number of anilines is 3. The first-order valence-electron chi connectivity index (χ1n) is 9.39. The van der Waals surface area contributed by atoms with E-state index in [4.69, 9.17) is 11.6 Å². The number of nitrogens with one attached hydrogen (secondary N) is 2. The number of carbonyl (C=O) groups is 3. The summed E-state index contributed by atoms with van der Waals surface area (Å²) in [6.07, 6.45) is 0.201. The molecule has 1 aliphatic heterocycles. The SMILES string of the molecule is C[C@H]1CC(=O)Nc2ccccc2N1C(=O)CN(C)CC(=O)Nc1ccc(Br)cc1Cl. The fourth-order valence-corrected chi connectivity index (χ4v) is 4.08. The molecule has 0 fully saturated rings. The quantitative estimate of drug-likeness (QED) is 0.665. The van der Waals surface area contributed by atoms with Crippen molar-refractivity contribution in [2.45, 2.75) is 19.4 Å². The number of benzene rings is 2. The Balaban J connectivity index is 1.66. The highest BCUT2D eigenvalue weighted by Gasteiger charge is 2.30. The number of hydrogen-bond donors (Lipinski definition) is 2. The monoisotopic (exact) mass is 492 g/mol. The zero-order valence-electron chi connectivity index (χ0n) is 16.6. The molecule has 2 aromatic carbocycles. The number of halogens is 2. The van der Waals surface area contributed by atoms with Gasteiger partial charge in [0.25, 0.3) is 0 Å². The second-order valence-electron chi connectivity index (χ2n) is 7.23. The van der Waals surface area contributed by atoms with Crippen LogP contribution in [0.2, 0.25) is 5.02 Å². The van der Waals surface area contributed by atoms with E-state index in [1.54, 1.807) is 47.2 Å². The lowest BCUT2D eigenvalue weighted by molar-refractivity contribution is -0.121. The van der Waals surface area contributed by atoms with E-state index < -0.39 is 0 Å². The Morgan fingerprint density at radius 1 is 1.27 bits per heavy atom. The van der Waals surface area contributed by atoms with E-state index in [1.165, 1.54) is 0 Å². The first-order chi connectivity index (χ1) is 14.2. The molecule has 0 saturated heterocycles. The summed E-state index contributed by atoms with van der Waals surface area (Å²) in [4.78, 5) is 40.8. The molecule has 30 heavy (non-hydrogen) atoms. The van der Waals surface area contributed by atoms with Gasteiger partial charge >= 0.3 is 0 Å². The molecule has 0 aromatic heterocycles. The standard InChI is InChI=1S/C21H22BrClN4O3/c1-13-9-19(28)25-17-5-3-4-6-18(17)27(13)21(30)12-26(2)11-20(29)24-16-8-7-14(22)10-15(16)23/h3-8,10,13H,9,11-12H2,1-2H3,(H,24,29)(H,25,28)/t13-/m0/s1. The predicted molar refractivity (Wildman–Crippen MR) is 122 cm³/mol. The second kappa shape index (κ2) is 9.59. The summed E-state index contributed by atoms with van der Waals surface area (Å²) < 4.78 is 0.813. The van der Waals surface area contributed by atoms with Crippen molar-refractivity contribution in [1.82, 2.24) is 4.90 Å². The molecule has 9 heteroatoms. The van der Waals surface area contributed by atoms with E-state index in [1.807, 2.05) is 19.1 Å². The van der Waals surface area contributed by atoms with Crippen LogP contribution >= 0.6 is 27.5 Å². The molecule has 0 bridgehead atoms. The average Bonchev–Trinajstić information content (AvgIpc) is 2.77. The van der Waals surface area contributed by atoms with Gasteiger partial charge in [0.05, 0.1) is 35.2 Å². The summed E-state index contributed by atoms with van der Waals surface area (Å²) >= 11 is 9.45. The molecule has 1 atom stereocenters. The third kappa shape index (κ3) is 5.38. The molecule has 2 N–H and O–H groups in total. The van der Waals surface area contributed by atoms with Gasteiger partial charge in [-0.15, -0.1) is 0 Å². The molecule has 7 nitrogen and oxygen atoms in total. The highest BCUT2D eigenvalue weighted by Crippen LogP contribution is 2.31. The van der Waals surface area contributed by atoms with Gasteiger partial charge in [-0.3, -0.25) is 19.3 Å². The van der Waals surface area contributed by atoms with Gasteiger partial charge in [-0.1, -0.05) is 39.7 Å². The fraction of sp³-hybridized carbons (Fsp3) is 0.286. The van der Waals surface area contributed by atoms with Gasteiger partial charge in [0.15, 0.2) is 0 Å². The Labute approximate surface area is 188 Å². The van der Waals surface area contributed by atoms with Crippen LogP contribution in [0.15, 0.2) is 46.9 Å². The van der Waals surface area contributed by atoms with Crippen LogP contribution < -0.4 is 15.5 Å². The maximum absolute atomic E-state index is 13.1. The minimum Gasteiger partial charge on any atom is -0.324 e. The fourth-order valence-electron chi connectivity index (χ4n) is 3.36. The predicted octanol–water partition coefficient (Wildman–Crippen LogP) is 3.74. The van der Waals surface area contributed by atoms with Crippen LogP contribution in [0, 0.1) is 0 Å². The van der Waals surface area contributed by atoms with Crippen LogP contribution in [-0.2, 0) is 14.4 Å². The number of rotatable bonds is 5. The number of para-hydroxylation sites is 2. The molecule has 0 unspecified atom stereocenters. The van der Waals surface area contributed by atoms with E-state index in [0.717, 1.165) is 4.47 Å². The second-order valence-corrected chi connectivity index (χ2v) is 8.55. The van der Waals surface area contributed by atoms with Crippen molar-refractivity contribution in [2.75, 3.05) is 35.7 Å². The lowest BCUT2D eigenvalue weighted by Crippen LogP contribution is -2.45. The van der Waals surface area contributed by atoms with Crippen LogP contribution in [0.3, 0.4) is 0 Å². The molecule has 3 amide bonds. The molecule has 2 aromatic rings. The Morgan fingerprint density at radius 3 is 2.73 bits per heavy atom. The molecule has 3 rings (SSSR count). The van der Waals surface area contributed by atoms with Crippen LogP contribution in [0.4, 0.5) is 17.1 Å². The minimum absolute atomic E-state index is 0.0131. The van der Waals surface area contributed by atoms with Crippen molar-refractivity contribution in [1.29, 1.82) is 0 Å². The molecule has 158 valence electrons. The largest absolute Gasteiger partial charge is 0.324 e. The van der Waals surface area contributed by atoms with Crippen molar-refractivity contribution in [3.05, 3.63) is 52.0 Å². The Bertz CT molecular complexity index is 984. The molecule has 0 aliphatic carbocycles. The molecule has 0 radical (unpaired) electrons. The number of hydrogen-bond acceptors (Lipinski definition) is 4. The molecule has 0 saturated carbocycles. The van der Waals surface area contributed by atoms with E-state index in [9.17, 15) is 14.4 Å². The topological polar surface area (TPSA) is 81.8 Å². The zero-order chi connectivity index (χ0) is 21.8. The van der Waals surface area contributed by atoms with Gasteiger partial charge in [0.2, 0.25) is 17.7 Å². The average molecular weight is 494 g/mol. The van der Waals surface area contributed by atoms with Crippen LogP contribution in [-0.4, -0.2) is 48.8 Å². The summed E-state index contributed by atoms with van der Waals surface area (Å²) in [5.74, 6) is -0.608. The first-order valence-corrected chi connectivity index (χ1v) is 10.6. The Hall–Kier alpha value is -2.42. The van der Waals surface area contributed by atoms with Crippen LogP contribution in [0.1, 0.15) is 13.3 Å². The minimum atomic E-state index is -0.301. The van der Waals surface area contributed by atoms with E-state index in [-0.39, 0.29) is 43.3 Å². The number of carbonyl (C=O) groups excluding carboxylic acids is 3. The summed E-state index contributed by atoms with van der Waals surface area (Å²) in [5.41, 5.74) is 1.76. The van der Waals surface area contributed by atoms with Crippen molar-refractivity contribution in [3.63, 3.8) is 0 Å². The smallest absolute Gasteiger partial charge is 0.241 e. The van der Waals surface area contributed by atoms with Crippen molar-refractivity contribution >= 4 is 62.3 Å². The Kier molecular flexibility index (Phi) is 7.12. The lowest BCUT2D eigenvalue weighted by atomic mass is 10.1. The van der Waals surface area contributed by atoms with Crippen molar-refractivity contribution < 1.29 is 14.4 Å². The third-order valence-corrected chi connectivity index (χ3v) is 5.46. The summed E-state index contributed by atoms with van der Waals surface area (Å²) in [5, 5.41) is 6.00. The number of likely N-dealkylation sites (N-methyl/N-ethyl adjacent to an activating group) is 1. The third-order valence-electron chi connectivity index (χ3n) is 4.65. The number of fused-ring (bicyclic) bond motifs is 1. The summed E-state index contributed by atoms with van der Waals surface area (Å²) in [7, 11) is 1.69. The van der Waals surface area contributed by atoms with Crippen molar-refractivity contribution in [3.8, 4) is 0 Å². The summed E-state index contributed by atoms with van der Waals surface area (Å²) in [6.45, 7) is 1.87. The lowest BCUT2D eigenvalue weighted by Gasteiger charge is -2.29. The normalized spacial score (nSPS) is 16.0. The van der Waals surface area contributed by atoms with Gasteiger partial charge in [-0.25, -0.2) is 0 Å². The molecule has 1 heterocycles. The molecule has 0 spiro atoms. The van der Waals surface area contributed by atoms with Gasteiger partial charge in [0, 0.05) is 16.9 Å². The highest BCUT2D eigenvalue weighted by atomic mass is 79.9. The number of amides is 3. The molecule has 1 aliphatic rings. The molecular weight excluding hydrogens is 472 g/mol. The maximum atomic E-state index is 13.1. The van der Waals surface area contributed by atoms with E-state index in [2.05, 4.69) is 26.6 Å². The summed E-state index contributed by atoms with van der Waals surface area (Å²) in [6, 6.07) is 12.1. The first kappa shape index (κ1) is 22.3. The van der Waals surface area contributed by atoms with Gasteiger partial charge in [0.1, 0.15) is 0 Å². The van der Waals surface area contributed by atoms with Crippen molar-refractivity contribution in [2.24, 2.45) is 0 Å². The van der Waals surface area contributed by atoms with E-state index >= 15 is 0 Å².